The molecule has 0 aliphatic rings. The second kappa shape index (κ2) is 4.02. The first-order valence-electron chi connectivity index (χ1n) is 4.25. The average Bonchev–Trinajstić information content (AvgIpc) is 2.47. The maximum absolute atomic E-state index is 10.2. The largest absolute Gasteiger partial charge is 0.267 e. The van der Waals surface area contributed by atoms with Crippen LogP contribution in [0.1, 0.15) is 25.6 Å². The molecule has 1 rings (SSSR count). The topological polar surface area (TPSA) is 61.0 Å². The van der Waals surface area contributed by atoms with Crippen LogP contribution >= 0.6 is 0 Å². The molecule has 1 aromatic rings. The van der Waals surface area contributed by atoms with Gasteiger partial charge in [-0.15, -0.1) is 0 Å². The minimum Gasteiger partial charge on any atom is -0.267 e. The van der Waals surface area contributed by atoms with E-state index in [4.69, 9.17) is 0 Å². The van der Waals surface area contributed by atoms with E-state index >= 15 is 0 Å². The van der Waals surface area contributed by atoms with Gasteiger partial charge in [-0.1, -0.05) is 0 Å². The Balaban J connectivity index is 2.65. The number of nitrogens with zero attached hydrogens (tertiary/aromatic N) is 3. The normalized spacial score (nSPS) is 10.7. The van der Waals surface area contributed by atoms with Gasteiger partial charge >= 0.3 is 0 Å². The summed E-state index contributed by atoms with van der Waals surface area (Å²) in [5, 5.41) is 14.2. The minimum atomic E-state index is -0.308. The van der Waals surface area contributed by atoms with Gasteiger partial charge in [0.2, 0.25) is 6.54 Å². The molecule has 0 N–H and O–H groups in total. The molecule has 5 nitrogen and oxygen atoms in total. The van der Waals surface area contributed by atoms with Crippen LogP contribution in [0.3, 0.4) is 0 Å². The number of aromatic nitrogens is 2. The Hall–Kier alpha value is -1.39. The smallest absolute Gasteiger partial charge is 0.209 e. The molecule has 0 aromatic carbocycles. The predicted octanol–water partition coefficient (Wildman–Crippen LogP) is 1.28. The number of nitro groups is 1. The maximum atomic E-state index is 10.2. The molecule has 0 amide bonds. The molecule has 0 aliphatic heterocycles. The monoisotopic (exact) mass is 183 g/mol. The van der Waals surface area contributed by atoms with E-state index in [0.717, 1.165) is 5.69 Å². The lowest BCUT2D eigenvalue weighted by atomic mass is 10.3. The van der Waals surface area contributed by atoms with Crippen LogP contribution in [-0.2, 0) is 6.42 Å². The molecule has 0 unspecified atom stereocenters. The van der Waals surface area contributed by atoms with Crippen LogP contribution in [0.4, 0.5) is 0 Å². The summed E-state index contributed by atoms with van der Waals surface area (Å²) in [5.41, 5.74) is 0.923. The Bertz CT molecular complexity index is 293. The zero-order chi connectivity index (χ0) is 9.84. The van der Waals surface area contributed by atoms with Crippen molar-refractivity contribution in [3.8, 4) is 0 Å². The molecule has 1 aromatic heterocycles. The number of rotatable bonds is 4. The van der Waals surface area contributed by atoms with Gasteiger partial charge in [-0.2, -0.15) is 5.10 Å². The van der Waals surface area contributed by atoms with E-state index in [0.29, 0.717) is 6.42 Å². The van der Waals surface area contributed by atoms with Crippen LogP contribution in [0.5, 0.6) is 0 Å². The summed E-state index contributed by atoms with van der Waals surface area (Å²) < 4.78 is 1.81. The molecule has 5 heteroatoms. The molecule has 0 bridgehead atoms. The molecule has 0 atom stereocenters. The van der Waals surface area contributed by atoms with Crippen molar-refractivity contribution >= 4 is 0 Å². The molecule has 0 fully saturated rings. The molecule has 0 aliphatic carbocycles. The zero-order valence-electron chi connectivity index (χ0n) is 7.80. The van der Waals surface area contributed by atoms with Gasteiger partial charge in [0.15, 0.2) is 0 Å². The predicted molar refractivity (Wildman–Crippen MR) is 48.2 cm³/mol. The molecule has 0 spiro atoms. The van der Waals surface area contributed by atoms with Gasteiger partial charge in [0.05, 0.1) is 6.42 Å². The average molecular weight is 183 g/mol. The second-order valence-electron chi connectivity index (χ2n) is 3.17. The van der Waals surface area contributed by atoms with Crippen LogP contribution in [0, 0.1) is 10.1 Å². The first kappa shape index (κ1) is 9.70. The minimum absolute atomic E-state index is 0.0294. The van der Waals surface area contributed by atoms with Gasteiger partial charge in [-0.05, 0) is 19.9 Å². The fourth-order valence-electron chi connectivity index (χ4n) is 1.21. The lowest BCUT2D eigenvalue weighted by Gasteiger charge is -2.08. The van der Waals surface area contributed by atoms with E-state index < -0.39 is 0 Å². The van der Waals surface area contributed by atoms with Crippen molar-refractivity contribution in [3.63, 3.8) is 0 Å². The van der Waals surface area contributed by atoms with Gasteiger partial charge in [-0.25, -0.2) is 0 Å². The highest BCUT2D eigenvalue weighted by atomic mass is 16.6. The van der Waals surface area contributed by atoms with Gasteiger partial charge < -0.3 is 0 Å². The van der Waals surface area contributed by atoms with Crippen LogP contribution in [-0.4, -0.2) is 21.2 Å². The standard InChI is InChI=1S/C8H13N3O2/c1-7(2)11-8(3-5-9-11)4-6-10(12)13/h3,5,7H,4,6H2,1-2H3. The van der Waals surface area contributed by atoms with Gasteiger partial charge in [-0.3, -0.25) is 14.8 Å². The fourth-order valence-corrected chi connectivity index (χ4v) is 1.21. The van der Waals surface area contributed by atoms with Crippen molar-refractivity contribution in [2.75, 3.05) is 6.54 Å². The van der Waals surface area contributed by atoms with Crippen molar-refractivity contribution < 1.29 is 4.92 Å². The van der Waals surface area contributed by atoms with Crippen LogP contribution in [0.15, 0.2) is 12.3 Å². The second-order valence-corrected chi connectivity index (χ2v) is 3.17. The van der Waals surface area contributed by atoms with E-state index in [1.165, 1.54) is 0 Å². The summed E-state index contributed by atoms with van der Waals surface area (Å²) in [4.78, 5) is 9.84. The molecule has 72 valence electrons. The Morgan fingerprint density at radius 2 is 2.38 bits per heavy atom. The van der Waals surface area contributed by atoms with E-state index in [-0.39, 0.29) is 17.5 Å². The summed E-state index contributed by atoms with van der Waals surface area (Å²) in [6.45, 7) is 3.98. The molecule has 0 radical (unpaired) electrons. The van der Waals surface area contributed by atoms with Crippen molar-refractivity contribution in [1.29, 1.82) is 0 Å². The highest BCUT2D eigenvalue weighted by molar-refractivity contribution is 5.01. The summed E-state index contributed by atoms with van der Waals surface area (Å²) >= 11 is 0. The third-order valence-corrected chi connectivity index (χ3v) is 1.79. The highest BCUT2D eigenvalue weighted by Gasteiger charge is 2.07. The van der Waals surface area contributed by atoms with E-state index in [1.54, 1.807) is 6.20 Å². The summed E-state index contributed by atoms with van der Waals surface area (Å²) in [5.74, 6) is 0. The maximum Gasteiger partial charge on any atom is 0.209 e. The molecular formula is C8H13N3O2. The summed E-state index contributed by atoms with van der Waals surface area (Å²) in [6.07, 6.45) is 2.13. The zero-order valence-corrected chi connectivity index (χ0v) is 7.80. The number of hydrogen-bond donors (Lipinski definition) is 0. The molecule has 13 heavy (non-hydrogen) atoms. The molecule has 0 saturated carbocycles. The van der Waals surface area contributed by atoms with Crippen molar-refractivity contribution in [1.82, 2.24) is 9.78 Å². The molecular weight excluding hydrogens is 170 g/mol. The summed E-state index contributed by atoms with van der Waals surface area (Å²) in [6, 6.07) is 2.08. The highest BCUT2D eigenvalue weighted by Crippen LogP contribution is 2.08. The Morgan fingerprint density at radius 3 is 2.92 bits per heavy atom. The Kier molecular flexibility index (Phi) is 3.00. The van der Waals surface area contributed by atoms with Crippen LogP contribution < -0.4 is 0 Å². The van der Waals surface area contributed by atoms with Crippen LogP contribution in [0.25, 0.3) is 0 Å². The first-order chi connectivity index (χ1) is 6.11. The van der Waals surface area contributed by atoms with Gasteiger partial charge in [0.1, 0.15) is 0 Å². The number of hydrogen-bond acceptors (Lipinski definition) is 3. The lowest BCUT2D eigenvalue weighted by molar-refractivity contribution is -0.479. The van der Waals surface area contributed by atoms with E-state index in [9.17, 15) is 10.1 Å². The van der Waals surface area contributed by atoms with E-state index in [2.05, 4.69) is 5.10 Å². The fraction of sp³-hybridized carbons (Fsp3) is 0.625. The lowest BCUT2D eigenvalue weighted by Crippen LogP contribution is -2.11. The van der Waals surface area contributed by atoms with Crippen molar-refractivity contribution in [3.05, 3.63) is 28.1 Å². The van der Waals surface area contributed by atoms with E-state index in [1.807, 2.05) is 24.6 Å². The Morgan fingerprint density at radius 1 is 1.69 bits per heavy atom. The third kappa shape index (κ3) is 2.54. The summed E-state index contributed by atoms with van der Waals surface area (Å²) in [7, 11) is 0. The van der Waals surface area contributed by atoms with Crippen LogP contribution in [0.2, 0.25) is 0 Å². The Labute approximate surface area is 76.5 Å². The molecule has 0 saturated heterocycles. The van der Waals surface area contributed by atoms with Gasteiger partial charge in [0.25, 0.3) is 0 Å². The third-order valence-electron chi connectivity index (χ3n) is 1.79. The van der Waals surface area contributed by atoms with Gasteiger partial charge in [0, 0.05) is 22.9 Å². The van der Waals surface area contributed by atoms with Crippen molar-refractivity contribution in [2.24, 2.45) is 0 Å². The SMILES string of the molecule is CC(C)n1nccc1CC[N+](=O)[O-]. The first-order valence-corrected chi connectivity index (χ1v) is 4.25. The molecule has 1 heterocycles. The van der Waals surface area contributed by atoms with Crippen molar-refractivity contribution in [2.45, 2.75) is 26.3 Å². The quantitative estimate of drug-likeness (QED) is 0.522.